The van der Waals surface area contributed by atoms with Crippen molar-refractivity contribution < 1.29 is 14.6 Å². The molecule has 2 rings (SSSR count). The van der Waals surface area contributed by atoms with Gasteiger partial charge in [0, 0.05) is 18.7 Å². The Morgan fingerprint density at radius 3 is 2.52 bits per heavy atom. The van der Waals surface area contributed by atoms with E-state index in [-0.39, 0.29) is 6.10 Å². The molecule has 29 heavy (non-hydrogen) atoms. The number of nitrogens with two attached hydrogens (primary N) is 1. The average Bonchev–Trinajstić information content (AvgIpc) is 2.70. The summed E-state index contributed by atoms with van der Waals surface area (Å²) in [5, 5.41) is 16.7. The van der Waals surface area contributed by atoms with Crippen LogP contribution in [-0.2, 0) is 6.54 Å². The molecule has 0 spiro atoms. The van der Waals surface area contributed by atoms with Gasteiger partial charge in [0.1, 0.15) is 5.75 Å². The van der Waals surface area contributed by atoms with E-state index in [4.69, 9.17) is 10.5 Å². The third kappa shape index (κ3) is 7.46. The number of carbonyl (C=O) groups excluding carboxylic acids is 1. The summed E-state index contributed by atoms with van der Waals surface area (Å²) in [6.07, 6.45) is -0.583. The lowest BCUT2D eigenvalue weighted by Crippen LogP contribution is -2.39. The quantitative estimate of drug-likeness (QED) is 0.383. The van der Waals surface area contributed by atoms with Crippen LogP contribution < -0.4 is 21.1 Å². The highest BCUT2D eigenvalue weighted by atomic mass is 16.5. The Morgan fingerprint density at radius 1 is 1.17 bits per heavy atom. The van der Waals surface area contributed by atoms with Gasteiger partial charge in [-0.05, 0) is 56.2 Å². The highest BCUT2D eigenvalue weighted by Crippen LogP contribution is 2.18. The second kappa shape index (κ2) is 11.1. The van der Waals surface area contributed by atoms with Gasteiger partial charge in [-0.3, -0.25) is 4.79 Å². The number of nitrogens with zero attached hydrogens (tertiary/aromatic N) is 1. The minimum Gasteiger partial charge on any atom is -0.491 e. The standard InChI is InChI=1S/C22H30N4O3/c1-4-24-22(25-13-16-6-5-7-18(12-16)21(23)28)26-14-20(27)17-8-10-19(11-9-17)29-15(2)3/h5-12,15,20,27H,4,13-14H2,1-3H3,(H2,23,28)(H2,24,25,26). The summed E-state index contributed by atoms with van der Waals surface area (Å²) >= 11 is 0. The van der Waals surface area contributed by atoms with E-state index >= 15 is 0 Å². The first-order valence-electron chi connectivity index (χ1n) is 9.74. The predicted octanol–water partition coefficient (Wildman–Crippen LogP) is 2.36. The van der Waals surface area contributed by atoms with Crippen molar-refractivity contribution in [1.82, 2.24) is 10.6 Å². The van der Waals surface area contributed by atoms with Crippen LogP contribution in [0.15, 0.2) is 53.5 Å². The van der Waals surface area contributed by atoms with Crippen LogP contribution in [-0.4, -0.2) is 36.2 Å². The van der Waals surface area contributed by atoms with E-state index in [1.54, 1.807) is 18.2 Å². The summed E-state index contributed by atoms with van der Waals surface area (Å²) in [6.45, 7) is 7.28. The number of primary amides is 1. The molecular formula is C22H30N4O3. The molecule has 7 nitrogen and oxygen atoms in total. The normalized spacial score (nSPS) is 12.5. The maximum Gasteiger partial charge on any atom is 0.248 e. The Morgan fingerprint density at radius 2 is 1.90 bits per heavy atom. The Labute approximate surface area is 172 Å². The monoisotopic (exact) mass is 398 g/mol. The Bertz CT molecular complexity index is 819. The molecule has 1 amide bonds. The van der Waals surface area contributed by atoms with E-state index in [0.29, 0.717) is 31.2 Å². The maximum atomic E-state index is 11.3. The first-order chi connectivity index (χ1) is 13.9. The molecular weight excluding hydrogens is 368 g/mol. The molecule has 0 aromatic heterocycles. The maximum absolute atomic E-state index is 11.3. The summed E-state index contributed by atoms with van der Waals surface area (Å²) in [4.78, 5) is 15.8. The summed E-state index contributed by atoms with van der Waals surface area (Å²) in [7, 11) is 0. The highest BCUT2D eigenvalue weighted by Gasteiger charge is 2.09. The topological polar surface area (TPSA) is 109 Å². The number of carbonyl (C=O) groups is 1. The van der Waals surface area contributed by atoms with Crippen molar-refractivity contribution in [2.45, 2.75) is 39.5 Å². The van der Waals surface area contributed by atoms with Gasteiger partial charge >= 0.3 is 0 Å². The molecule has 0 bridgehead atoms. The van der Waals surface area contributed by atoms with Crippen LogP contribution in [0.25, 0.3) is 0 Å². The van der Waals surface area contributed by atoms with Crippen molar-refractivity contribution in [3.63, 3.8) is 0 Å². The van der Waals surface area contributed by atoms with Crippen molar-refractivity contribution in [1.29, 1.82) is 0 Å². The van der Waals surface area contributed by atoms with E-state index in [9.17, 15) is 9.90 Å². The first kappa shape index (κ1) is 22.2. The molecule has 2 aromatic rings. The molecule has 0 saturated carbocycles. The number of aliphatic hydroxyl groups is 1. The largest absolute Gasteiger partial charge is 0.491 e. The van der Waals surface area contributed by atoms with Gasteiger partial charge in [0.05, 0.1) is 18.8 Å². The number of nitrogens with one attached hydrogen (secondary N) is 2. The van der Waals surface area contributed by atoms with Crippen LogP contribution in [0, 0.1) is 0 Å². The number of amides is 1. The van der Waals surface area contributed by atoms with Gasteiger partial charge in [-0.25, -0.2) is 4.99 Å². The van der Waals surface area contributed by atoms with Crippen molar-refractivity contribution in [3.8, 4) is 5.75 Å². The smallest absolute Gasteiger partial charge is 0.248 e. The second-order valence-electron chi connectivity index (χ2n) is 6.89. The third-order valence-electron chi connectivity index (χ3n) is 4.07. The number of rotatable bonds is 9. The van der Waals surface area contributed by atoms with Crippen LogP contribution in [0.4, 0.5) is 0 Å². The van der Waals surface area contributed by atoms with Crippen molar-refractivity contribution in [3.05, 3.63) is 65.2 Å². The molecule has 0 saturated heterocycles. The number of benzene rings is 2. The molecule has 5 N–H and O–H groups in total. The number of guanidine groups is 1. The van der Waals surface area contributed by atoms with E-state index in [1.165, 1.54) is 0 Å². The van der Waals surface area contributed by atoms with Crippen LogP contribution in [0.2, 0.25) is 0 Å². The molecule has 0 aliphatic carbocycles. The van der Waals surface area contributed by atoms with Gasteiger partial charge in [0.2, 0.25) is 5.91 Å². The highest BCUT2D eigenvalue weighted by molar-refractivity contribution is 5.92. The van der Waals surface area contributed by atoms with Gasteiger partial charge in [-0.15, -0.1) is 0 Å². The van der Waals surface area contributed by atoms with Gasteiger partial charge in [-0.2, -0.15) is 0 Å². The number of hydrogen-bond donors (Lipinski definition) is 4. The van der Waals surface area contributed by atoms with E-state index in [0.717, 1.165) is 16.9 Å². The minimum absolute atomic E-state index is 0.106. The Hall–Kier alpha value is -3.06. The van der Waals surface area contributed by atoms with Crippen molar-refractivity contribution in [2.24, 2.45) is 10.7 Å². The molecule has 0 aliphatic rings. The first-order valence-corrected chi connectivity index (χ1v) is 9.74. The third-order valence-corrected chi connectivity index (χ3v) is 4.07. The molecule has 1 unspecified atom stereocenters. The van der Waals surface area contributed by atoms with Crippen LogP contribution in [0.5, 0.6) is 5.75 Å². The van der Waals surface area contributed by atoms with Crippen LogP contribution >= 0.6 is 0 Å². The number of ether oxygens (including phenoxy) is 1. The Kier molecular flexibility index (Phi) is 8.48. The number of aliphatic hydroxyl groups excluding tert-OH is 1. The predicted molar refractivity (Wildman–Crippen MR) is 115 cm³/mol. The molecule has 0 radical (unpaired) electrons. The van der Waals surface area contributed by atoms with E-state index < -0.39 is 12.0 Å². The van der Waals surface area contributed by atoms with E-state index in [1.807, 2.05) is 51.1 Å². The fourth-order valence-electron chi connectivity index (χ4n) is 2.69. The molecule has 2 aromatic carbocycles. The van der Waals surface area contributed by atoms with Crippen LogP contribution in [0.1, 0.15) is 48.4 Å². The van der Waals surface area contributed by atoms with Crippen molar-refractivity contribution >= 4 is 11.9 Å². The molecule has 1 atom stereocenters. The molecule has 0 heterocycles. The van der Waals surface area contributed by atoms with Gasteiger partial charge < -0.3 is 26.2 Å². The van der Waals surface area contributed by atoms with Gasteiger partial charge in [0.25, 0.3) is 0 Å². The van der Waals surface area contributed by atoms with E-state index in [2.05, 4.69) is 15.6 Å². The fraction of sp³-hybridized carbons (Fsp3) is 0.364. The zero-order valence-corrected chi connectivity index (χ0v) is 17.2. The molecule has 0 fully saturated rings. The molecule has 0 aliphatic heterocycles. The molecule has 156 valence electrons. The zero-order chi connectivity index (χ0) is 21.2. The second-order valence-corrected chi connectivity index (χ2v) is 6.89. The van der Waals surface area contributed by atoms with Gasteiger partial charge in [-0.1, -0.05) is 24.3 Å². The lowest BCUT2D eigenvalue weighted by Gasteiger charge is -2.16. The summed E-state index contributed by atoms with van der Waals surface area (Å²) < 4.78 is 5.62. The minimum atomic E-state index is -0.690. The number of aliphatic imine (C=N–C) groups is 1. The summed E-state index contributed by atoms with van der Waals surface area (Å²) in [5.74, 6) is 0.890. The molecule has 7 heteroatoms. The SMILES string of the molecule is CCNC(=NCc1cccc(C(N)=O)c1)NCC(O)c1ccc(OC(C)C)cc1. The lowest BCUT2D eigenvalue weighted by molar-refractivity contribution is 0.1000. The number of hydrogen-bond acceptors (Lipinski definition) is 4. The van der Waals surface area contributed by atoms with Gasteiger partial charge in [0.15, 0.2) is 5.96 Å². The summed E-state index contributed by atoms with van der Waals surface area (Å²) in [6, 6.07) is 14.5. The average molecular weight is 399 g/mol. The summed E-state index contributed by atoms with van der Waals surface area (Å²) in [5.41, 5.74) is 7.44. The fourth-order valence-corrected chi connectivity index (χ4v) is 2.69. The zero-order valence-electron chi connectivity index (χ0n) is 17.2. The van der Waals surface area contributed by atoms with Crippen molar-refractivity contribution in [2.75, 3.05) is 13.1 Å². The van der Waals surface area contributed by atoms with Crippen LogP contribution in [0.3, 0.4) is 0 Å². The lowest BCUT2D eigenvalue weighted by atomic mass is 10.1. The Balaban J connectivity index is 1.96.